The smallest absolute Gasteiger partial charge is 0.310 e. The number of hydrogen-bond acceptors (Lipinski definition) is 8. The van der Waals surface area contributed by atoms with E-state index in [4.69, 9.17) is 13.9 Å². The number of nitro benzene ring substituents is 1. The van der Waals surface area contributed by atoms with E-state index < -0.39 is 4.92 Å². The number of hydrogen-bond donors (Lipinski definition) is 0. The molecule has 0 radical (unpaired) electrons. The standard InChI is InChI=1S/C18H17N3O5S/c1-2-24-15-9-5-3-7-13(15)17-19-20-18(26-17)27-12-11-25-16-10-6-4-8-14(16)21(22)23/h3-10H,2,11-12H2,1H3. The van der Waals surface area contributed by atoms with E-state index in [1.807, 2.05) is 31.2 Å². The zero-order chi connectivity index (χ0) is 19.1. The lowest BCUT2D eigenvalue weighted by Crippen LogP contribution is -2.02. The van der Waals surface area contributed by atoms with Crippen LogP contribution in [-0.4, -0.2) is 34.1 Å². The van der Waals surface area contributed by atoms with Crippen molar-refractivity contribution in [2.24, 2.45) is 0 Å². The molecule has 0 aliphatic heterocycles. The summed E-state index contributed by atoms with van der Waals surface area (Å²) < 4.78 is 16.7. The minimum absolute atomic E-state index is 0.0601. The molecule has 3 aromatic rings. The Morgan fingerprint density at radius 2 is 1.81 bits per heavy atom. The van der Waals surface area contributed by atoms with Gasteiger partial charge in [0, 0.05) is 11.8 Å². The van der Waals surface area contributed by atoms with Crippen LogP contribution in [-0.2, 0) is 0 Å². The van der Waals surface area contributed by atoms with Crippen LogP contribution >= 0.6 is 11.8 Å². The predicted molar refractivity (Wildman–Crippen MR) is 100 cm³/mol. The predicted octanol–water partition coefficient (Wildman–Crippen LogP) is 4.21. The summed E-state index contributed by atoms with van der Waals surface area (Å²) in [4.78, 5) is 10.5. The quantitative estimate of drug-likeness (QED) is 0.233. The summed E-state index contributed by atoms with van der Waals surface area (Å²) in [6, 6.07) is 13.7. The van der Waals surface area contributed by atoms with Gasteiger partial charge < -0.3 is 13.9 Å². The normalized spacial score (nSPS) is 10.6. The fourth-order valence-corrected chi connectivity index (χ4v) is 2.89. The fourth-order valence-electron chi connectivity index (χ4n) is 2.31. The topological polar surface area (TPSA) is 101 Å². The molecule has 3 rings (SSSR count). The number of aromatic nitrogens is 2. The van der Waals surface area contributed by atoms with Gasteiger partial charge in [0.2, 0.25) is 0 Å². The molecule has 9 heteroatoms. The molecule has 140 valence electrons. The minimum atomic E-state index is -0.470. The Labute approximate surface area is 159 Å². The van der Waals surface area contributed by atoms with Crippen molar-refractivity contribution in [3.63, 3.8) is 0 Å². The van der Waals surface area contributed by atoms with Crippen LogP contribution in [0.25, 0.3) is 11.5 Å². The summed E-state index contributed by atoms with van der Waals surface area (Å²) >= 11 is 1.31. The van der Waals surface area contributed by atoms with Crippen molar-refractivity contribution in [2.45, 2.75) is 12.1 Å². The molecule has 0 fully saturated rings. The van der Waals surface area contributed by atoms with E-state index in [9.17, 15) is 10.1 Å². The van der Waals surface area contributed by atoms with Crippen LogP contribution in [0.5, 0.6) is 11.5 Å². The van der Waals surface area contributed by atoms with Gasteiger partial charge >= 0.3 is 5.69 Å². The second kappa shape index (κ2) is 9.04. The van der Waals surface area contributed by atoms with Crippen LogP contribution < -0.4 is 9.47 Å². The molecule has 0 saturated heterocycles. The fraction of sp³-hybridized carbons (Fsp3) is 0.222. The Morgan fingerprint density at radius 3 is 2.59 bits per heavy atom. The lowest BCUT2D eigenvalue weighted by atomic mass is 10.2. The zero-order valence-corrected chi connectivity index (χ0v) is 15.3. The lowest BCUT2D eigenvalue weighted by Gasteiger charge is -2.06. The lowest BCUT2D eigenvalue weighted by molar-refractivity contribution is -0.385. The number of ether oxygens (including phenoxy) is 2. The summed E-state index contributed by atoms with van der Waals surface area (Å²) in [5.41, 5.74) is 0.671. The van der Waals surface area contributed by atoms with Gasteiger partial charge in [0.15, 0.2) is 5.75 Å². The van der Waals surface area contributed by atoms with E-state index in [1.54, 1.807) is 18.2 Å². The molecular formula is C18H17N3O5S. The first-order valence-electron chi connectivity index (χ1n) is 8.23. The first kappa shape index (κ1) is 18.7. The molecule has 8 nitrogen and oxygen atoms in total. The largest absolute Gasteiger partial charge is 0.493 e. The summed E-state index contributed by atoms with van der Waals surface area (Å²) in [5, 5.41) is 19.4. The van der Waals surface area contributed by atoms with Gasteiger partial charge in [0.25, 0.3) is 11.1 Å². The number of para-hydroxylation sites is 3. The molecule has 1 heterocycles. The van der Waals surface area contributed by atoms with Gasteiger partial charge in [0.1, 0.15) is 5.75 Å². The van der Waals surface area contributed by atoms with Crippen LogP contribution in [0.15, 0.2) is 58.2 Å². The number of rotatable bonds is 9. The van der Waals surface area contributed by atoms with Crippen LogP contribution in [0.2, 0.25) is 0 Å². The highest BCUT2D eigenvalue weighted by Gasteiger charge is 2.15. The minimum Gasteiger partial charge on any atom is -0.493 e. The Morgan fingerprint density at radius 1 is 1.07 bits per heavy atom. The van der Waals surface area contributed by atoms with Gasteiger partial charge in [-0.1, -0.05) is 36.0 Å². The molecule has 0 spiro atoms. The van der Waals surface area contributed by atoms with Gasteiger partial charge in [-0.05, 0) is 25.1 Å². The van der Waals surface area contributed by atoms with E-state index in [0.717, 1.165) is 5.56 Å². The number of nitrogens with zero attached hydrogens (tertiary/aromatic N) is 3. The van der Waals surface area contributed by atoms with E-state index in [0.29, 0.717) is 29.2 Å². The Balaban J connectivity index is 1.57. The molecular weight excluding hydrogens is 370 g/mol. The third kappa shape index (κ3) is 4.76. The molecule has 0 N–H and O–H groups in total. The van der Waals surface area contributed by atoms with Crippen molar-refractivity contribution in [1.82, 2.24) is 10.2 Å². The SMILES string of the molecule is CCOc1ccccc1-c1nnc(SCCOc2ccccc2[N+](=O)[O-])o1. The first-order valence-corrected chi connectivity index (χ1v) is 9.22. The Kier molecular flexibility index (Phi) is 6.26. The van der Waals surface area contributed by atoms with Gasteiger partial charge in [-0.3, -0.25) is 10.1 Å². The highest BCUT2D eigenvalue weighted by molar-refractivity contribution is 7.99. The van der Waals surface area contributed by atoms with Crippen molar-refractivity contribution in [2.75, 3.05) is 19.0 Å². The molecule has 1 aromatic heterocycles. The molecule has 27 heavy (non-hydrogen) atoms. The molecule has 0 atom stereocenters. The molecule has 0 amide bonds. The van der Waals surface area contributed by atoms with E-state index in [1.165, 1.54) is 17.8 Å². The molecule has 0 bridgehead atoms. The maximum absolute atomic E-state index is 11.0. The van der Waals surface area contributed by atoms with Crippen molar-refractivity contribution in [1.29, 1.82) is 0 Å². The molecule has 0 unspecified atom stereocenters. The number of thioether (sulfide) groups is 1. The van der Waals surface area contributed by atoms with Crippen molar-refractivity contribution in [3.8, 4) is 23.0 Å². The summed E-state index contributed by atoms with van der Waals surface area (Å²) in [6.45, 7) is 2.71. The van der Waals surface area contributed by atoms with Crippen LogP contribution in [0.1, 0.15) is 6.92 Å². The van der Waals surface area contributed by atoms with Crippen LogP contribution in [0, 0.1) is 10.1 Å². The molecule has 0 saturated carbocycles. The van der Waals surface area contributed by atoms with Crippen molar-refractivity contribution in [3.05, 3.63) is 58.6 Å². The van der Waals surface area contributed by atoms with Gasteiger partial charge in [0.05, 0.1) is 23.7 Å². The third-order valence-electron chi connectivity index (χ3n) is 3.45. The monoisotopic (exact) mass is 387 g/mol. The third-order valence-corrected chi connectivity index (χ3v) is 4.23. The highest BCUT2D eigenvalue weighted by atomic mass is 32.2. The zero-order valence-electron chi connectivity index (χ0n) is 14.5. The number of benzene rings is 2. The van der Waals surface area contributed by atoms with E-state index >= 15 is 0 Å². The van der Waals surface area contributed by atoms with Gasteiger partial charge in [-0.25, -0.2) is 0 Å². The average molecular weight is 387 g/mol. The molecule has 0 aliphatic rings. The molecule has 2 aromatic carbocycles. The van der Waals surface area contributed by atoms with Crippen molar-refractivity contribution >= 4 is 17.4 Å². The second-order valence-corrected chi connectivity index (χ2v) is 6.27. The van der Waals surface area contributed by atoms with Gasteiger partial charge in [-0.2, -0.15) is 0 Å². The summed E-state index contributed by atoms with van der Waals surface area (Å²) in [5.74, 6) is 1.79. The highest BCUT2D eigenvalue weighted by Crippen LogP contribution is 2.31. The van der Waals surface area contributed by atoms with Crippen LogP contribution in [0.4, 0.5) is 5.69 Å². The van der Waals surface area contributed by atoms with E-state index in [-0.39, 0.29) is 18.0 Å². The summed E-state index contributed by atoms with van der Waals surface area (Å²) in [6.07, 6.45) is 0. The van der Waals surface area contributed by atoms with Crippen LogP contribution in [0.3, 0.4) is 0 Å². The van der Waals surface area contributed by atoms with Crippen molar-refractivity contribution < 1.29 is 18.8 Å². The first-order chi connectivity index (χ1) is 13.2. The molecule has 0 aliphatic carbocycles. The Bertz CT molecular complexity index is 915. The Hall–Kier alpha value is -3.07. The average Bonchev–Trinajstić information content (AvgIpc) is 3.15. The maximum Gasteiger partial charge on any atom is 0.310 e. The second-order valence-electron chi connectivity index (χ2n) is 5.22. The number of nitro groups is 1. The summed E-state index contributed by atoms with van der Waals surface area (Å²) in [7, 11) is 0. The van der Waals surface area contributed by atoms with Gasteiger partial charge in [-0.15, -0.1) is 10.2 Å². The van der Waals surface area contributed by atoms with E-state index in [2.05, 4.69) is 10.2 Å². The maximum atomic E-state index is 11.0.